The molecule has 0 radical (unpaired) electrons. The lowest BCUT2D eigenvalue weighted by Crippen LogP contribution is -2.41. The van der Waals surface area contributed by atoms with E-state index in [1.807, 2.05) is 0 Å². The van der Waals surface area contributed by atoms with E-state index in [2.05, 4.69) is 5.32 Å². The second-order valence-corrected chi connectivity index (χ2v) is 4.26. The summed E-state index contributed by atoms with van der Waals surface area (Å²) in [6.07, 6.45) is -0.108. The predicted molar refractivity (Wildman–Crippen MR) is 65.2 cm³/mol. The van der Waals surface area contributed by atoms with Crippen LogP contribution in [0, 0.1) is 11.6 Å². The number of carbonyl (C=O) groups is 3. The Morgan fingerprint density at radius 1 is 1.20 bits per heavy atom. The van der Waals surface area contributed by atoms with Crippen molar-refractivity contribution < 1.29 is 28.3 Å². The summed E-state index contributed by atoms with van der Waals surface area (Å²) >= 11 is 0. The molecule has 1 atom stereocenters. The van der Waals surface area contributed by atoms with E-state index in [0.717, 1.165) is 12.1 Å². The van der Waals surface area contributed by atoms with Crippen molar-refractivity contribution in [2.45, 2.75) is 25.8 Å². The Hall–Kier alpha value is -2.31. The fourth-order valence-corrected chi connectivity index (χ4v) is 1.53. The fourth-order valence-electron chi connectivity index (χ4n) is 1.53. The first-order valence-corrected chi connectivity index (χ1v) is 5.79. The number of hydrogen-bond acceptors (Lipinski definition) is 3. The van der Waals surface area contributed by atoms with Crippen LogP contribution >= 0.6 is 0 Å². The van der Waals surface area contributed by atoms with Gasteiger partial charge in [-0.05, 0) is 25.5 Å². The van der Waals surface area contributed by atoms with Gasteiger partial charge in [0.25, 0.3) is 5.91 Å². The lowest BCUT2D eigenvalue weighted by Gasteiger charge is -2.13. The molecule has 0 fully saturated rings. The van der Waals surface area contributed by atoms with Crippen LogP contribution in [0.3, 0.4) is 0 Å². The predicted octanol–water partition coefficient (Wildman–Crippen LogP) is 1.52. The summed E-state index contributed by atoms with van der Waals surface area (Å²) in [5.74, 6) is -4.34. The number of ketones is 1. The van der Waals surface area contributed by atoms with Gasteiger partial charge in [-0.1, -0.05) is 0 Å². The van der Waals surface area contributed by atoms with E-state index in [1.54, 1.807) is 0 Å². The van der Waals surface area contributed by atoms with E-state index in [1.165, 1.54) is 6.92 Å². The number of carbonyl (C=O) groups excluding carboxylic acids is 2. The van der Waals surface area contributed by atoms with Gasteiger partial charge in [0.15, 0.2) is 0 Å². The molecule has 0 aromatic heterocycles. The normalized spacial score (nSPS) is 11.8. The Kier molecular flexibility index (Phi) is 5.31. The van der Waals surface area contributed by atoms with Crippen LogP contribution in [0.25, 0.3) is 0 Å². The van der Waals surface area contributed by atoms with Gasteiger partial charge in [0.1, 0.15) is 23.5 Å². The molecule has 1 aromatic rings. The van der Waals surface area contributed by atoms with E-state index in [4.69, 9.17) is 5.11 Å². The number of carboxylic acid groups (broad SMARTS) is 1. The highest BCUT2D eigenvalue weighted by molar-refractivity contribution is 5.96. The highest BCUT2D eigenvalue weighted by Gasteiger charge is 2.21. The molecule has 0 bridgehead atoms. The van der Waals surface area contributed by atoms with Crippen molar-refractivity contribution in [3.63, 3.8) is 0 Å². The van der Waals surface area contributed by atoms with Crippen LogP contribution < -0.4 is 5.32 Å². The fraction of sp³-hybridized carbons (Fsp3) is 0.308. The molecule has 1 rings (SSSR count). The van der Waals surface area contributed by atoms with Crippen molar-refractivity contribution in [1.82, 2.24) is 5.32 Å². The van der Waals surface area contributed by atoms with Crippen LogP contribution in [-0.2, 0) is 9.59 Å². The number of halogens is 2. The minimum atomic E-state index is -1.32. The maximum Gasteiger partial charge on any atom is 0.326 e. The quantitative estimate of drug-likeness (QED) is 0.830. The van der Waals surface area contributed by atoms with Crippen molar-refractivity contribution in [1.29, 1.82) is 0 Å². The molecule has 0 unspecified atom stereocenters. The number of rotatable bonds is 6. The van der Waals surface area contributed by atoms with Gasteiger partial charge < -0.3 is 15.2 Å². The summed E-state index contributed by atoms with van der Waals surface area (Å²) in [6, 6.07) is 0.893. The Bertz CT molecular complexity index is 525. The third-order valence-corrected chi connectivity index (χ3v) is 2.51. The molecule has 0 spiro atoms. The van der Waals surface area contributed by atoms with Crippen molar-refractivity contribution in [2.75, 3.05) is 0 Å². The van der Waals surface area contributed by atoms with E-state index in [9.17, 15) is 23.2 Å². The summed E-state index contributed by atoms with van der Waals surface area (Å²) in [5, 5.41) is 11.0. The first-order chi connectivity index (χ1) is 9.29. The number of carboxylic acids is 1. The number of nitrogens with one attached hydrogen (secondary N) is 1. The van der Waals surface area contributed by atoms with Crippen molar-refractivity contribution in [3.8, 4) is 0 Å². The van der Waals surface area contributed by atoms with Gasteiger partial charge in [0, 0.05) is 18.1 Å². The monoisotopic (exact) mass is 285 g/mol. The molecule has 1 aromatic carbocycles. The van der Waals surface area contributed by atoms with Gasteiger partial charge in [-0.3, -0.25) is 4.79 Å². The van der Waals surface area contributed by atoms with E-state index in [-0.39, 0.29) is 24.2 Å². The highest BCUT2D eigenvalue weighted by atomic mass is 19.1. The Morgan fingerprint density at radius 3 is 2.20 bits per heavy atom. The van der Waals surface area contributed by atoms with Crippen LogP contribution in [0.15, 0.2) is 18.2 Å². The van der Waals surface area contributed by atoms with E-state index < -0.39 is 29.6 Å². The molecular formula is C13H13F2NO4. The topological polar surface area (TPSA) is 83.5 Å². The average molecular weight is 285 g/mol. The van der Waals surface area contributed by atoms with Crippen molar-refractivity contribution >= 4 is 17.7 Å². The molecular weight excluding hydrogens is 272 g/mol. The van der Waals surface area contributed by atoms with Gasteiger partial charge in [0.2, 0.25) is 0 Å². The number of hydrogen-bond donors (Lipinski definition) is 2. The van der Waals surface area contributed by atoms with Crippen molar-refractivity contribution in [3.05, 3.63) is 35.4 Å². The lowest BCUT2D eigenvalue weighted by atomic mass is 10.1. The Labute approximate surface area is 113 Å². The molecule has 0 saturated carbocycles. The highest BCUT2D eigenvalue weighted by Crippen LogP contribution is 2.09. The molecule has 2 N–H and O–H groups in total. The summed E-state index contributed by atoms with van der Waals surface area (Å²) in [5.41, 5.74) is -0.323. The molecule has 7 heteroatoms. The second kappa shape index (κ2) is 6.74. The second-order valence-electron chi connectivity index (χ2n) is 4.26. The number of amides is 1. The van der Waals surface area contributed by atoms with Crippen LogP contribution in [0.1, 0.15) is 30.1 Å². The zero-order chi connectivity index (χ0) is 15.3. The standard InChI is InChI=1S/C13H13F2NO4/c1-7(17)2-3-11(13(19)20)16-12(18)8-4-9(14)6-10(15)5-8/h4-6,11H,2-3H2,1H3,(H,16,18)(H,19,20)/t11-/m1/s1. The molecule has 0 saturated heterocycles. The zero-order valence-electron chi connectivity index (χ0n) is 10.7. The number of Topliss-reactive ketones (excluding diaryl/α,β-unsaturated/α-hetero) is 1. The Balaban J connectivity index is 2.79. The molecule has 108 valence electrons. The van der Waals surface area contributed by atoms with Gasteiger partial charge in [-0.15, -0.1) is 0 Å². The largest absolute Gasteiger partial charge is 0.480 e. The first kappa shape index (κ1) is 15.7. The first-order valence-electron chi connectivity index (χ1n) is 5.79. The molecule has 0 heterocycles. The summed E-state index contributed by atoms with van der Waals surface area (Å²) < 4.78 is 25.9. The molecule has 0 aliphatic carbocycles. The van der Waals surface area contributed by atoms with E-state index in [0.29, 0.717) is 6.07 Å². The molecule has 0 aliphatic heterocycles. The molecule has 1 amide bonds. The summed E-state index contributed by atoms with van der Waals surface area (Å²) in [6.45, 7) is 1.29. The summed E-state index contributed by atoms with van der Waals surface area (Å²) in [7, 11) is 0. The van der Waals surface area contributed by atoms with E-state index >= 15 is 0 Å². The number of aliphatic carboxylic acids is 1. The van der Waals surface area contributed by atoms with Gasteiger partial charge in [0.05, 0.1) is 0 Å². The summed E-state index contributed by atoms with van der Waals surface area (Å²) in [4.78, 5) is 33.5. The zero-order valence-corrected chi connectivity index (χ0v) is 10.7. The lowest BCUT2D eigenvalue weighted by molar-refractivity contribution is -0.139. The van der Waals surface area contributed by atoms with Gasteiger partial charge >= 0.3 is 5.97 Å². The van der Waals surface area contributed by atoms with Crippen molar-refractivity contribution in [2.24, 2.45) is 0 Å². The molecule has 5 nitrogen and oxygen atoms in total. The SMILES string of the molecule is CC(=O)CC[C@@H](NC(=O)c1cc(F)cc(F)c1)C(=O)O. The third kappa shape index (κ3) is 4.75. The van der Waals surface area contributed by atoms with Crippen LogP contribution in [0.5, 0.6) is 0 Å². The average Bonchev–Trinajstić information content (AvgIpc) is 2.32. The maximum absolute atomic E-state index is 13.0. The molecule has 0 aliphatic rings. The smallest absolute Gasteiger partial charge is 0.326 e. The number of benzene rings is 1. The minimum absolute atomic E-state index is 0.0191. The van der Waals surface area contributed by atoms with Gasteiger partial charge in [-0.2, -0.15) is 0 Å². The maximum atomic E-state index is 13.0. The molecule has 20 heavy (non-hydrogen) atoms. The minimum Gasteiger partial charge on any atom is -0.480 e. The van der Waals surface area contributed by atoms with Gasteiger partial charge in [-0.25, -0.2) is 13.6 Å². The Morgan fingerprint density at radius 2 is 1.75 bits per heavy atom. The third-order valence-electron chi connectivity index (χ3n) is 2.51. The van der Waals surface area contributed by atoms with Crippen LogP contribution in [0.2, 0.25) is 0 Å². The van der Waals surface area contributed by atoms with Crippen LogP contribution in [-0.4, -0.2) is 28.8 Å². The van der Waals surface area contributed by atoms with Crippen LogP contribution in [0.4, 0.5) is 8.78 Å².